The van der Waals surface area contributed by atoms with E-state index >= 15 is 0 Å². The van der Waals surface area contributed by atoms with Crippen LogP contribution in [-0.4, -0.2) is 54.9 Å². The van der Waals surface area contributed by atoms with Crippen LogP contribution in [0.2, 0.25) is 0 Å². The highest BCUT2D eigenvalue weighted by molar-refractivity contribution is 5.82. The molecule has 2 saturated heterocycles. The minimum Gasteiger partial charge on any atom is -0.507 e. The van der Waals surface area contributed by atoms with Gasteiger partial charge in [-0.05, 0) is 42.7 Å². The minimum absolute atomic E-state index is 0.181. The lowest BCUT2D eigenvalue weighted by Gasteiger charge is -2.40. The van der Waals surface area contributed by atoms with Crippen molar-refractivity contribution in [2.75, 3.05) is 13.2 Å². The number of morpholine rings is 1. The number of phenols is 1. The van der Waals surface area contributed by atoms with Gasteiger partial charge in [-0.1, -0.05) is 6.07 Å². The first-order chi connectivity index (χ1) is 15.1. The molecule has 3 atom stereocenters. The van der Waals surface area contributed by atoms with Gasteiger partial charge in [0.1, 0.15) is 5.75 Å². The monoisotopic (exact) mass is 416 g/mol. The van der Waals surface area contributed by atoms with E-state index in [0.717, 1.165) is 48.2 Å². The van der Waals surface area contributed by atoms with Gasteiger partial charge in [-0.2, -0.15) is 5.10 Å². The van der Waals surface area contributed by atoms with E-state index in [4.69, 9.17) is 4.74 Å². The van der Waals surface area contributed by atoms with Crippen LogP contribution >= 0.6 is 0 Å². The van der Waals surface area contributed by atoms with Gasteiger partial charge in [-0.25, -0.2) is 0 Å². The summed E-state index contributed by atoms with van der Waals surface area (Å²) in [5.41, 5.74) is 4.09. The SMILES string of the molecule is Cn1cc(-c2ccc(-c3cc4ccn(C5CC6COC[C@@H](C5)N6)c4nn3)c(O)c2)cn1. The van der Waals surface area contributed by atoms with E-state index < -0.39 is 0 Å². The molecule has 6 rings (SSSR count). The lowest BCUT2D eigenvalue weighted by molar-refractivity contribution is 0.0106. The first kappa shape index (κ1) is 18.5. The summed E-state index contributed by atoms with van der Waals surface area (Å²) in [5, 5.41) is 28.5. The maximum atomic E-state index is 10.7. The Bertz CT molecular complexity index is 1250. The molecule has 2 N–H and O–H groups in total. The second-order valence-corrected chi connectivity index (χ2v) is 8.59. The number of nitrogens with one attached hydrogen (secondary N) is 1. The molecule has 2 aliphatic rings. The summed E-state index contributed by atoms with van der Waals surface area (Å²) in [6.07, 6.45) is 7.87. The number of ether oxygens (including phenoxy) is 1. The molecule has 4 aromatic rings. The molecule has 2 aliphatic heterocycles. The van der Waals surface area contributed by atoms with Gasteiger partial charge in [0.05, 0.1) is 25.1 Å². The molecule has 5 heterocycles. The van der Waals surface area contributed by atoms with Crippen LogP contribution in [0.5, 0.6) is 5.75 Å². The van der Waals surface area contributed by atoms with Gasteiger partial charge in [-0.3, -0.25) is 4.68 Å². The molecule has 0 spiro atoms. The molecule has 31 heavy (non-hydrogen) atoms. The molecule has 1 aromatic carbocycles. The number of hydrogen-bond donors (Lipinski definition) is 2. The van der Waals surface area contributed by atoms with Crippen LogP contribution in [0, 0.1) is 0 Å². The van der Waals surface area contributed by atoms with Crippen molar-refractivity contribution < 1.29 is 9.84 Å². The summed E-state index contributed by atoms with van der Waals surface area (Å²) in [6, 6.07) is 10.9. The predicted octanol–water partition coefficient (Wildman–Crippen LogP) is 2.90. The fourth-order valence-electron chi connectivity index (χ4n) is 4.91. The van der Waals surface area contributed by atoms with Crippen LogP contribution in [0.1, 0.15) is 18.9 Å². The standard InChI is InChI=1S/C23H24N6O2/c1-28-11-16(10-24-28)14-2-3-20(22(30)7-14)21-6-15-4-5-29(23(15)27-26-21)19-8-17-12-31-13-18(9-19)25-17/h2-7,10-11,17-19,25,30H,8-9,12-13H2,1H3/t17-,18?,19?/m1/s1. The Morgan fingerprint density at radius 1 is 1.06 bits per heavy atom. The molecule has 2 unspecified atom stereocenters. The van der Waals surface area contributed by atoms with Crippen molar-refractivity contribution in [2.24, 2.45) is 7.05 Å². The number of aromatic nitrogens is 5. The summed E-state index contributed by atoms with van der Waals surface area (Å²) >= 11 is 0. The highest BCUT2D eigenvalue weighted by Crippen LogP contribution is 2.35. The van der Waals surface area contributed by atoms with E-state index in [9.17, 15) is 5.11 Å². The van der Waals surface area contributed by atoms with Crippen molar-refractivity contribution >= 4 is 11.0 Å². The average Bonchev–Trinajstić information content (AvgIpc) is 3.39. The Morgan fingerprint density at radius 2 is 1.90 bits per heavy atom. The maximum absolute atomic E-state index is 10.7. The number of rotatable bonds is 3. The second kappa shape index (κ2) is 7.18. The smallest absolute Gasteiger partial charge is 0.162 e. The fourth-order valence-corrected chi connectivity index (χ4v) is 4.91. The molecule has 158 valence electrons. The van der Waals surface area contributed by atoms with Crippen molar-refractivity contribution in [1.82, 2.24) is 29.9 Å². The molecule has 0 radical (unpaired) electrons. The summed E-state index contributed by atoms with van der Waals surface area (Å²) in [6.45, 7) is 1.55. The van der Waals surface area contributed by atoms with Gasteiger partial charge < -0.3 is 19.7 Å². The van der Waals surface area contributed by atoms with Crippen LogP contribution in [0.25, 0.3) is 33.4 Å². The highest BCUT2D eigenvalue weighted by Gasteiger charge is 2.33. The lowest BCUT2D eigenvalue weighted by atomic mass is 9.92. The Hall–Kier alpha value is -3.23. The van der Waals surface area contributed by atoms with Crippen molar-refractivity contribution in [3.8, 4) is 28.1 Å². The summed E-state index contributed by atoms with van der Waals surface area (Å²) < 4.78 is 9.67. The van der Waals surface area contributed by atoms with Gasteiger partial charge in [-0.15, -0.1) is 10.2 Å². The fraction of sp³-hybridized carbons (Fsp3) is 0.348. The van der Waals surface area contributed by atoms with Gasteiger partial charge >= 0.3 is 0 Å². The molecular weight excluding hydrogens is 392 g/mol. The molecule has 3 aromatic heterocycles. The summed E-state index contributed by atoms with van der Waals surface area (Å²) in [7, 11) is 1.87. The Morgan fingerprint density at radius 3 is 2.65 bits per heavy atom. The Kier molecular flexibility index (Phi) is 4.29. The lowest BCUT2D eigenvalue weighted by Crippen LogP contribution is -2.54. The van der Waals surface area contributed by atoms with Gasteiger partial charge in [0.25, 0.3) is 0 Å². The van der Waals surface area contributed by atoms with Crippen molar-refractivity contribution in [3.63, 3.8) is 0 Å². The van der Waals surface area contributed by atoms with E-state index in [-0.39, 0.29) is 5.75 Å². The second-order valence-electron chi connectivity index (χ2n) is 8.59. The molecule has 0 amide bonds. The number of piperidine rings is 1. The van der Waals surface area contributed by atoms with E-state index in [2.05, 4.69) is 37.4 Å². The van der Waals surface area contributed by atoms with E-state index in [1.165, 1.54) is 0 Å². The van der Waals surface area contributed by atoms with Crippen LogP contribution in [-0.2, 0) is 11.8 Å². The highest BCUT2D eigenvalue weighted by atomic mass is 16.5. The normalized spacial score (nSPS) is 23.3. The molecule has 2 fully saturated rings. The van der Waals surface area contributed by atoms with Crippen LogP contribution in [0.3, 0.4) is 0 Å². The number of benzene rings is 1. The molecule has 8 nitrogen and oxygen atoms in total. The average molecular weight is 416 g/mol. The number of phenolic OH excluding ortho intramolecular Hbond substituents is 1. The molecule has 2 bridgehead atoms. The summed E-state index contributed by atoms with van der Waals surface area (Å²) in [5.74, 6) is 0.181. The number of nitrogens with zero attached hydrogens (tertiary/aromatic N) is 5. The maximum Gasteiger partial charge on any atom is 0.162 e. The first-order valence-corrected chi connectivity index (χ1v) is 10.6. The van der Waals surface area contributed by atoms with Gasteiger partial charge in [0.2, 0.25) is 0 Å². The van der Waals surface area contributed by atoms with Gasteiger partial charge in [0.15, 0.2) is 5.65 Å². The third kappa shape index (κ3) is 3.28. The topological polar surface area (TPSA) is 90.0 Å². The molecular formula is C23H24N6O2. The Labute approximate surface area is 179 Å². The van der Waals surface area contributed by atoms with E-state index in [1.54, 1.807) is 16.9 Å². The number of fused-ring (bicyclic) bond motifs is 3. The van der Waals surface area contributed by atoms with Crippen LogP contribution < -0.4 is 5.32 Å². The first-order valence-electron chi connectivity index (χ1n) is 10.6. The quantitative estimate of drug-likeness (QED) is 0.534. The number of aromatic hydroxyl groups is 1. The van der Waals surface area contributed by atoms with Crippen LogP contribution in [0.4, 0.5) is 0 Å². The van der Waals surface area contributed by atoms with Crippen molar-refractivity contribution in [2.45, 2.75) is 31.0 Å². The van der Waals surface area contributed by atoms with Crippen molar-refractivity contribution in [1.29, 1.82) is 0 Å². The Balaban J connectivity index is 1.31. The number of hydrogen-bond acceptors (Lipinski definition) is 6. The van der Waals surface area contributed by atoms with E-state index in [1.807, 2.05) is 31.4 Å². The third-order valence-corrected chi connectivity index (χ3v) is 6.39. The van der Waals surface area contributed by atoms with E-state index in [0.29, 0.717) is 29.4 Å². The zero-order valence-corrected chi connectivity index (χ0v) is 17.3. The zero-order valence-electron chi connectivity index (χ0n) is 17.3. The molecule has 0 saturated carbocycles. The molecule has 8 heteroatoms. The zero-order chi connectivity index (χ0) is 20.9. The third-order valence-electron chi connectivity index (χ3n) is 6.39. The largest absolute Gasteiger partial charge is 0.507 e. The van der Waals surface area contributed by atoms with Crippen molar-refractivity contribution in [3.05, 3.63) is 48.9 Å². The minimum atomic E-state index is 0.181. The molecule has 0 aliphatic carbocycles. The van der Waals surface area contributed by atoms with Crippen LogP contribution in [0.15, 0.2) is 48.9 Å². The summed E-state index contributed by atoms with van der Waals surface area (Å²) in [4.78, 5) is 0. The van der Waals surface area contributed by atoms with Gasteiger partial charge in [0, 0.05) is 54.1 Å². The predicted molar refractivity (Wildman–Crippen MR) is 117 cm³/mol. The number of aryl methyl sites for hydroxylation is 1.